The second kappa shape index (κ2) is 13.3. The molecule has 0 aliphatic heterocycles. The van der Waals surface area contributed by atoms with Gasteiger partial charge in [-0.05, 0) is 46.5 Å². The van der Waals surface area contributed by atoms with Crippen LogP contribution in [0, 0.1) is 0 Å². The fourth-order valence-electron chi connectivity index (χ4n) is 6.94. The summed E-state index contributed by atoms with van der Waals surface area (Å²) >= 11 is 0. The lowest BCUT2D eigenvalue weighted by molar-refractivity contribution is 0.0907. The summed E-state index contributed by atoms with van der Waals surface area (Å²) in [7, 11) is 0. The van der Waals surface area contributed by atoms with E-state index in [2.05, 4.69) is 92.8 Å². The summed E-state index contributed by atoms with van der Waals surface area (Å²) in [6.07, 6.45) is 3.53. The Morgan fingerprint density at radius 3 is 1.88 bits per heavy atom. The lowest BCUT2D eigenvalue weighted by Crippen LogP contribution is -2.35. The Morgan fingerprint density at radius 1 is 0.760 bits per heavy atom. The van der Waals surface area contributed by atoms with Crippen molar-refractivity contribution in [2.75, 3.05) is 6.61 Å². The van der Waals surface area contributed by atoms with E-state index in [0.717, 1.165) is 44.4 Å². The zero-order chi connectivity index (χ0) is 33.9. The first-order valence-electron chi connectivity index (χ1n) is 16.6. The van der Waals surface area contributed by atoms with Gasteiger partial charge in [0.05, 0.1) is 41.2 Å². The van der Waals surface area contributed by atoms with Gasteiger partial charge < -0.3 is 15.4 Å². The van der Waals surface area contributed by atoms with Crippen LogP contribution in [0.1, 0.15) is 38.9 Å². The Hall–Kier alpha value is -6.38. The zero-order valence-electron chi connectivity index (χ0n) is 27.1. The molecule has 8 rings (SSSR count). The highest BCUT2D eigenvalue weighted by Gasteiger charge is 2.38. The van der Waals surface area contributed by atoms with E-state index in [1.807, 2.05) is 72.8 Å². The molecule has 3 N–H and O–H groups in total. The third-order valence-corrected chi connectivity index (χ3v) is 9.40. The van der Waals surface area contributed by atoms with Crippen molar-refractivity contribution in [1.82, 2.24) is 30.0 Å². The van der Waals surface area contributed by atoms with Gasteiger partial charge in [0, 0.05) is 23.3 Å². The van der Waals surface area contributed by atoms with E-state index in [1.165, 1.54) is 0 Å². The lowest BCUT2D eigenvalue weighted by atomic mass is 9.69. The summed E-state index contributed by atoms with van der Waals surface area (Å²) in [5.41, 5.74) is 7.60. The predicted molar refractivity (Wildman–Crippen MR) is 196 cm³/mol. The SMILES string of the molecule is O=C(N[C@H](CO)c1ccccc1)c1nc2cc3c(-c4ccncc4)nn(CC(c4ccccc4)(c4ccccc4)c4ccccc4)c3cc2[nH]1. The van der Waals surface area contributed by atoms with E-state index in [9.17, 15) is 9.90 Å². The molecule has 5 aromatic carbocycles. The highest BCUT2D eigenvalue weighted by Crippen LogP contribution is 2.42. The van der Waals surface area contributed by atoms with E-state index in [4.69, 9.17) is 10.1 Å². The molecule has 3 heterocycles. The van der Waals surface area contributed by atoms with Crippen LogP contribution < -0.4 is 5.32 Å². The summed E-state index contributed by atoms with van der Waals surface area (Å²) in [5, 5.41) is 19.2. The summed E-state index contributed by atoms with van der Waals surface area (Å²) in [5.74, 6) is -0.236. The van der Waals surface area contributed by atoms with Crippen LogP contribution in [-0.4, -0.2) is 42.4 Å². The first-order valence-corrected chi connectivity index (χ1v) is 16.6. The number of H-pyrrole nitrogens is 1. The normalized spacial score (nSPS) is 12.3. The molecule has 0 unspecified atom stereocenters. The van der Waals surface area contributed by atoms with Crippen LogP contribution in [0.3, 0.4) is 0 Å². The minimum Gasteiger partial charge on any atom is -0.394 e. The van der Waals surface area contributed by atoms with Crippen molar-refractivity contribution in [2.45, 2.75) is 18.0 Å². The summed E-state index contributed by atoms with van der Waals surface area (Å²) in [4.78, 5) is 25.7. The first kappa shape index (κ1) is 30.9. The maximum atomic E-state index is 13.5. The van der Waals surface area contributed by atoms with Crippen molar-refractivity contribution in [1.29, 1.82) is 0 Å². The molecule has 0 bridgehead atoms. The van der Waals surface area contributed by atoms with Crippen LogP contribution in [-0.2, 0) is 12.0 Å². The number of fused-ring (bicyclic) bond motifs is 2. The number of rotatable bonds is 10. The van der Waals surface area contributed by atoms with Crippen molar-refractivity contribution in [3.8, 4) is 11.3 Å². The number of aromatic nitrogens is 5. The van der Waals surface area contributed by atoms with Gasteiger partial charge in [-0.25, -0.2) is 4.98 Å². The molecule has 8 heteroatoms. The summed E-state index contributed by atoms with van der Waals surface area (Å²) in [6.45, 7) is 0.256. The maximum Gasteiger partial charge on any atom is 0.287 e. The number of aromatic amines is 1. The Balaban J connectivity index is 1.30. The molecule has 8 nitrogen and oxygen atoms in total. The number of hydrogen-bond acceptors (Lipinski definition) is 5. The Kier molecular flexibility index (Phi) is 8.20. The molecule has 3 aromatic heterocycles. The van der Waals surface area contributed by atoms with Gasteiger partial charge in [0.1, 0.15) is 5.69 Å². The molecule has 1 amide bonds. The van der Waals surface area contributed by atoms with E-state index in [1.54, 1.807) is 12.4 Å². The number of imidazole rings is 1. The van der Waals surface area contributed by atoms with Gasteiger partial charge in [0.15, 0.2) is 5.82 Å². The number of benzene rings is 5. The maximum absolute atomic E-state index is 13.5. The van der Waals surface area contributed by atoms with Gasteiger partial charge in [-0.1, -0.05) is 121 Å². The average molecular weight is 655 g/mol. The molecule has 0 aliphatic rings. The van der Waals surface area contributed by atoms with Crippen LogP contribution in [0.2, 0.25) is 0 Å². The number of amides is 1. The van der Waals surface area contributed by atoms with Gasteiger partial charge >= 0.3 is 0 Å². The number of carbonyl (C=O) groups is 1. The fourth-order valence-corrected chi connectivity index (χ4v) is 6.94. The Morgan fingerprint density at radius 2 is 1.32 bits per heavy atom. The van der Waals surface area contributed by atoms with Crippen LogP contribution in [0.15, 0.2) is 158 Å². The van der Waals surface area contributed by atoms with Gasteiger partial charge in [0.25, 0.3) is 5.91 Å². The first-order chi connectivity index (χ1) is 24.6. The van der Waals surface area contributed by atoms with Crippen molar-refractivity contribution in [2.24, 2.45) is 0 Å². The molecule has 0 radical (unpaired) electrons. The molecule has 244 valence electrons. The van der Waals surface area contributed by atoms with Crippen molar-refractivity contribution in [3.05, 3.63) is 186 Å². The smallest absolute Gasteiger partial charge is 0.287 e. The second-order valence-electron chi connectivity index (χ2n) is 12.3. The molecule has 0 aliphatic carbocycles. The minimum absolute atomic E-state index is 0.166. The summed E-state index contributed by atoms with van der Waals surface area (Å²) < 4.78 is 2.08. The van der Waals surface area contributed by atoms with Crippen LogP contribution in [0.4, 0.5) is 0 Å². The molecule has 0 fully saturated rings. The predicted octanol–water partition coefficient (Wildman–Crippen LogP) is 7.47. The number of aliphatic hydroxyl groups excluding tert-OH is 1. The van der Waals surface area contributed by atoms with Crippen LogP contribution >= 0.6 is 0 Å². The molecule has 50 heavy (non-hydrogen) atoms. The topological polar surface area (TPSA) is 109 Å². The number of aliphatic hydroxyl groups is 1. The van der Waals surface area contributed by atoms with Gasteiger partial charge in [-0.15, -0.1) is 0 Å². The van der Waals surface area contributed by atoms with Gasteiger partial charge in [-0.2, -0.15) is 5.10 Å². The number of carbonyl (C=O) groups excluding carboxylic acids is 1. The monoisotopic (exact) mass is 654 g/mol. The molecule has 0 saturated heterocycles. The fraction of sp³-hybridized carbons (Fsp3) is 0.0952. The molecule has 0 saturated carbocycles. The lowest BCUT2D eigenvalue weighted by Gasteiger charge is -2.36. The third-order valence-electron chi connectivity index (χ3n) is 9.40. The van der Waals surface area contributed by atoms with Crippen LogP contribution in [0.25, 0.3) is 33.2 Å². The average Bonchev–Trinajstić information content (AvgIpc) is 3.77. The Labute approximate surface area is 289 Å². The highest BCUT2D eigenvalue weighted by atomic mass is 16.3. The molecular formula is C42H34N6O2. The van der Waals surface area contributed by atoms with E-state index >= 15 is 0 Å². The largest absolute Gasteiger partial charge is 0.394 e. The number of pyridine rings is 1. The Bertz CT molecular complexity index is 2280. The number of nitrogens with one attached hydrogen (secondary N) is 2. The van der Waals surface area contributed by atoms with E-state index < -0.39 is 17.4 Å². The number of hydrogen-bond donors (Lipinski definition) is 3. The number of nitrogens with zero attached hydrogens (tertiary/aromatic N) is 4. The van der Waals surface area contributed by atoms with Crippen LogP contribution in [0.5, 0.6) is 0 Å². The van der Waals surface area contributed by atoms with E-state index in [-0.39, 0.29) is 12.4 Å². The zero-order valence-corrected chi connectivity index (χ0v) is 27.1. The van der Waals surface area contributed by atoms with Gasteiger partial charge in [-0.3, -0.25) is 14.5 Å². The highest BCUT2D eigenvalue weighted by molar-refractivity contribution is 6.03. The van der Waals surface area contributed by atoms with Crippen molar-refractivity contribution < 1.29 is 9.90 Å². The standard InChI is InChI=1S/C42H34N6O2/c49-27-37(29-13-5-1-6-14-29)46-41(50)40-44-35-25-34-38(26-36(35)45-40)48(47-39(34)30-21-23-43-24-22-30)28-42(31-15-7-2-8-16-31,32-17-9-3-10-18-32)33-19-11-4-12-20-33/h1-26,37,49H,27-28H2,(H,44,45)(H,46,50)/t37-/m1/s1. The van der Waals surface area contributed by atoms with Crippen molar-refractivity contribution in [3.63, 3.8) is 0 Å². The quantitative estimate of drug-likeness (QED) is 0.133. The summed E-state index contributed by atoms with van der Waals surface area (Å²) in [6, 6.07) is 48.5. The second-order valence-corrected chi connectivity index (χ2v) is 12.3. The molecular weight excluding hydrogens is 621 g/mol. The molecule has 1 atom stereocenters. The molecule has 0 spiro atoms. The van der Waals surface area contributed by atoms with Gasteiger partial charge in [0.2, 0.25) is 0 Å². The molecule has 8 aromatic rings. The minimum atomic E-state index is -0.594. The third kappa shape index (κ3) is 5.61. The van der Waals surface area contributed by atoms with E-state index in [0.29, 0.717) is 17.6 Å². The van der Waals surface area contributed by atoms with Crippen molar-refractivity contribution >= 4 is 27.8 Å².